The van der Waals surface area contributed by atoms with Crippen LogP contribution in [0.3, 0.4) is 0 Å². The van der Waals surface area contributed by atoms with Crippen LogP contribution in [0.25, 0.3) is 6.08 Å². The third kappa shape index (κ3) is 5.15. The van der Waals surface area contributed by atoms with Crippen molar-refractivity contribution in [2.75, 3.05) is 25.7 Å². The van der Waals surface area contributed by atoms with Crippen LogP contribution in [0.15, 0.2) is 66.4 Å². The predicted octanol–water partition coefficient (Wildman–Crippen LogP) is 6.07. The van der Waals surface area contributed by atoms with Gasteiger partial charge in [0.15, 0.2) is 16.6 Å². The van der Waals surface area contributed by atoms with Gasteiger partial charge in [-0.05, 0) is 73.2 Å². The molecule has 1 fully saturated rings. The molecule has 0 bridgehead atoms. The first kappa shape index (κ1) is 25.5. The molecule has 1 aliphatic heterocycles. The van der Waals surface area contributed by atoms with Crippen LogP contribution in [0.1, 0.15) is 18.1 Å². The Morgan fingerprint density at radius 3 is 2.47 bits per heavy atom. The number of amides is 1. The van der Waals surface area contributed by atoms with Crippen LogP contribution in [0.2, 0.25) is 5.02 Å². The first-order valence-corrected chi connectivity index (χ1v) is 11.9. The molecule has 186 valence electrons. The molecule has 4 rings (SSSR count). The van der Waals surface area contributed by atoms with Gasteiger partial charge in [0.2, 0.25) is 0 Å². The number of nitrogens with zero attached hydrogens (tertiary/aromatic N) is 2. The van der Waals surface area contributed by atoms with Gasteiger partial charge in [-0.1, -0.05) is 29.8 Å². The number of hydrogen-bond acceptors (Lipinski definition) is 5. The summed E-state index contributed by atoms with van der Waals surface area (Å²) in [6.45, 7) is 2.44. The number of carbonyl (C=O) groups is 1. The van der Waals surface area contributed by atoms with Crippen molar-refractivity contribution < 1.29 is 23.4 Å². The topological polar surface area (TPSA) is 51.2 Å². The lowest BCUT2D eigenvalue weighted by Gasteiger charge is -2.16. The molecule has 36 heavy (non-hydrogen) atoms. The quantitative estimate of drug-likeness (QED) is 0.262. The summed E-state index contributed by atoms with van der Waals surface area (Å²) in [4.78, 5) is 16.4. The maximum absolute atomic E-state index is 14.0. The van der Waals surface area contributed by atoms with Gasteiger partial charge in [0.05, 0.1) is 24.4 Å². The number of methoxy groups -OCH3 is 1. The van der Waals surface area contributed by atoms with Gasteiger partial charge in [0.25, 0.3) is 5.91 Å². The number of benzene rings is 3. The average molecular weight is 527 g/mol. The lowest BCUT2D eigenvalue weighted by atomic mass is 10.1. The van der Waals surface area contributed by atoms with Gasteiger partial charge in [-0.2, -0.15) is 0 Å². The van der Waals surface area contributed by atoms with E-state index in [1.807, 2.05) is 6.92 Å². The van der Waals surface area contributed by atoms with E-state index in [9.17, 15) is 9.18 Å². The molecular weight excluding hydrogens is 503 g/mol. The second-order valence-electron chi connectivity index (χ2n) is 7.85. The molecule has 1 aliphatic rings. The maximum Gasteiger partial charge on any atom is 0.281 e. The molecule has 0 atom stereocenters. The average Bonchev–Trinajstić information content (AvgIpc) is 3.07. The molecule has 1 amide bonds. The molecule has 9 heteroatoms. The van der Waals surface area contributed by atoms with Crippen LogP contribution in [0.5, 0.6) is 17.2 Å². The van der Waals surface area contributed by atoms with Crippen LogP contribution in [-0.4, -0.2) is 36.7 Å². The van der Waals surface area contributed by atoms with Crippen LogP contribution in [0, 0.1) is 5.82 Å². The van der Waals surface area contributed by atoms with Crippen LogP contribution in [0.4, 0.5) is 10.1 Å². The first-order valence-electron chi connectivity index (χ1n) is 11.1. The van der Waals surface area contributed by atoms with Crippen molar-refractivity contribution in [1.29, 1.82) is 0 Å². The highest BCUT2D eigenvalue weighted by atomic mass is 35.5. The van der Waals surface area contributed by atoms with E-state index in [1.165, 1.54) is 18.1 Å². The van der Waals surface area contributed by atoms with Crippen molar-refractivity contribution in [3.63, 3.8) is 0 Å². The molecule has 3 aromatic carbocycles. The zero-order valence-corrected chi connectivity index (χ0v) is 21.5. The van der Waals surface area contributed by atoms with Gasteiger partial charge >= 0.3 is 0 Å². The summed E-state index contributed by atoms with van der Waals surface area (Å²) in [7, 11) is 3.21. The third-order valence-corrected chi connectivity index (χ3v) is 6.29. The molecule has 6 nitrogen and oxygen atoms in total. The Kier molecular flexibility index (Phi) is 7.76. The highest BCUT2D eigenvalue weighted by Crippen LogP contribution is 2.38. The Balaban J connectivity index is 1.60. The summed E-state index contributed by atoms with van der Waals surface area (Å²) in [5.74, 6) is 0.695. The van der Waals surface area contributed by atoms with E-state index in [1.54, 1.807) is 72.6 Å². The molecule has 3 aromatic rings. The van der Waals surface area contributed by atoms with Crippen molar-refractivity contribution in [3.8, 4) is 17.2 Å². The zero-order valence-electron chi connectivity index (χ0n) is 20.0. The van der Waals surface area contributed by atoms with Crippen LogP contribution < -0.4 is 19.1 Å². The smallest absolute Gasteiger partial charge is 0.281 e. The third-order valence-electron chi connectivity index (χ3n) is 5.55. The molecular formula is C27H24ClFN2O4S. The highest BCUT2D eigenvalue weighted by molar-refractivity contribution is 7.80. The standard InChI is InChI=1S/C27H24ClFN2O4S/c1-4-34-20-11-9-19(10-12-20)31-26(32)23(30(2)27(31)36)14-17-13-21(28)25(24(15-17)33-3)35-16-18-7-5-6-8-22(18)29/h5-15H,4,16H2,1-3H3/b23-14-. The summed E-state index contributed by atoms with van der Waals surface area (Å²) >= 11 is 12.0. The maximum atomic E-state index is 14.0. The molecule has 0 radical (unpaired) electrons. The summed E-state index contributed by atoms with van der Waals surface area (Å²) in [6.07, 6.45) is 1.68. The molecule has 0 N–H and O–H groups in total. The summed E-state index contributed by atoms with van der Waals surface area (Å²) in [5.41, 5.74) is 2.01. The van der Waals surface area contributed by atoms with E-state index in [0.29, 0.717) is 45.7 Å². The Morgan fingerprint density at radius 2 is 1.81 bits per heavy atom. The Hall–Kier alpha value is -3.62. The number of halogens is 2. The van der Waals surface area contributed by atoms with E-state index in [-0.39, 0.29) is 29.1 Å². The van der Waals surface area contributed by atoms with Crippen molar-refractivity contribution >= 4 is 46.6 Å². The summed E-state index contributed by atoms with van der Waals surface area (Å²) < 4.78 is 30.7. The van der Waals surface area contributed by atoms with Gasteiger partial charge in [0.1, 0.15) is 23.9 Å². The fraction of sp³-hybridized carbons (Fsp3) is 0.185. The Morgan fingerprint density at radius 1 is 1.08 bits per heavy atom. The molecule has 0 unspecified atom stereocenters. The van der Waals surface area contributed by atoms with Crippen molar-refractivity contribution in [2.45, 2.75) is 13.5 Å². The SMILES string of the molecule is CCOc1ccc(N2C(=O)/C(=C/c3cc(Cl)c(OCc4ccccc4F)c(OC)c3)N(C)C2=S)cc1. The monoisotopic (exact) mass is 526 g/mol. The van der Waals surface area contributed by atoms with Gasteiger partial charge in [-0.25, -0.2) is 4.39 Å². The highest BCUT2D eigenvalue weighted by Gasteiger charge is 2.36. The van der Waals surface area contributed by atoms with Crippen LogP contribution in [-0.2, 0) is 11.4 Å². The van der Waals surface area contributed by atoms with E-state index in [4.69, 9.17) is 38.0 Å². The van der Waals surface area contributed by atoms with Crippen molar-refractivity contribution in [2.24, 2.45) is 0 Å². The predicted molar refractivity (Wildman–Crippen MR) is 142 cm³/mol. The molecule has 0 aliphatic carbocycles. The molecule has 0 aromatic heterocycles. The van der Waals surface area contributed by atoms with Crippen molar-refractivity contribution in [1.82, 2.24) is 4.90 Å². The molecule has 0 spiro atoms. The fourth-order valence-corrected chi connectivity index (χ4v) is 4.29. The molecule has 1 heterocycles. The Labute approximate surface area is 219 Å². The number of anilines is 1. The fourth-order valence-electron chi connectivity index (χ4n) is 3.73. The normalized spacial score (nSPS) is 14.5. The number of carbonyl (C=O) groups excluding carboxylic acids is 1. The lowest BCUT2D eigenvalue weighted by molar-refractivity contribution is -0.114. The van der Waals surface area contributed by atoms with Gasteiger partial charge in [-0.15, -0.1) is 0 Å². The largest absolute Gasteiger partial charge is 0.494 e. The van der Waals surface area contributed by atoms with E-state index in [2.05, 4.69) is 0 Å². The van der Waals surface area contributed by atoms with Gasteiger partial charge in [0, 0.05) is 12.6 Å². The lowest BCUT2D eigenvalue weighted by Crippen LogP contribution is -2.31. The minimum absolute atomic E-state index is 0.0181. The minimum atomic E-state index is -0.371. The van der Waals surface area contributed by atoms with Gasteiger partial charge < -0.3 is 19.1 Å². The number of likely N-dealkylation sites (N-methyl/N-ethyl adjacent to an activating group) is 1. The molecule has 0 saturated carbocycles. The van der Waals surface area contributed by atoms with Crippen molar-refractivity contribution in [3.05, 3.63) is 88.3 Å². The molecule has 1 saturated heterocycles. The number of ether oxygens (including phenoxy) is 3. The second kappa shape index (κ2) is 11.0. The first-order chi connectivity index (χ1) is 17.3. The van der Waals surface area contributed by atoms with E-state index < -0.39 is 0 Å². The van der Waals surface area contributed by atoms with E-state index in [0.717, 1.165) is 0 Å². The number of thiocarbonyl (C=S) groups is 1. The summed E-state index contributed by atoms with van der Waals surface area (Å²) in [6, 6.07) is 16.8. The van der Waals surface area contributed by atoms with Crippen LogP contribution >= 0.6 is 23.8 Å². The van der Waals surface area contributed by atoms with Gasteiger partial charge in [-0.3, -0.25) is 9.69 Å². The second-order valence-corrected chi connectivity index (χ2v) is 8.63. The number of hydrogen-bond donors (Lipinski definition) is 0. The Bertz CT molecular complexity index is 1330. The summed E-state index contributed by atoms with van der Waals surface area (Å²) in [5, 5.41) is 0.606. The zero-order chi connectivity index (χ0) is 25.8. The minimum Gasteiger partial charge on any atom is -0.494 e. The van der Waals surface area contributed by atoms with E-state index >= 15 is 0 Å². The number of rotatable bonds is 8.